The Morgan fingerprint density at radius 1 is 1.05 bits per heavy atom. The van der Waals surface area contributed by atoms with Gasteiger partial charge in [0.2, 0.25) is 0 Å². The van der Waals surface area contributed by atoms with E-state index < -0.39 is 0 Å². The fraction of sp³-hybridized carbons (Fsp3) is 0.100. The number of aryl methyl sites for hydroxylation is 1. The van der Waals surface area contributed by atoms with E-state index in [-0.39, 0.29) is 0 Å². The number of rotatable bonds is 3. The van der Waals surface area contributed by atoms with Crippen molar-refractivity contribution in [3.8, 4) is 5.69 Å². The minimum absolute atomic E-state index is 1.14. The van der Waals surface area contributed by atoms with Crippen molar-refractivity contribution in [1.82, 2.24) is 4.57 Å². The second-order valence-corrected chi connectivity index (χ2v) is 5.19. The summed E-state index contributed by atoms with van der Waals surface area (Å²) in [6.45, 7) is 8.20. The molecule has 3 aromatic rings. The first-order valence-corrected chi connectivity index (χ1v) is 7.22. The molecule has 0 spiro atoms. The summed E-state index contributed by atoms with van der Waals surface area (Å²) in [5, 5.41) is 1.27. The number of hydrogen-bond donors (Lipinski definition) is 0. The molecule has 0 aliphatic heterocycles. The van der Waals surface area contributed by atoms with E-state index in [1.54, 1.807) is 0 Å². The molecule has 0 aliphatic carbocycles. The molecule has 0 unspecified atom stereocenters. The van der Waals surface area contributed by atoms with Crippen molar-refractivity contribution in [1.29, 1.82) is 0 Å². The van der Waals surface area contributed by atoms with E-state index in [2.05, 4.69) is 72.7 Å². The number of allylic oxidation sites excluding steroid dienone is 1. The molecule has 1 heterocycles. The Balaban J connectivity index is 2.46. The molecule has 1 heteroatoms. The van der Waals surface area contributed by atoms with Gasteiger partial charge in [-0.05, 0) is 44.2 Å². The highest BCUT2D eigenvalue weighted by molar-refractivity contribution is 5.95. The lowest BCUT2D eigenvalue weighted by Crippen LogP contribution is -1.96. The number of para-hydroxylation sites is 1. The number of fused-ring (bicyclic) bond motifs is 1. The molecule has 2 aromatic carbocycles. The quantitative estimate of drug-likeness (QED) is 0.584. The minimum Gasteiger partial charge on any atom is -0.309 e. The molecular formula is C20H19N. The third-order valence-corrected chi connectivity index (χ3v) is 3.74. The van der Waals surface area contributed by atoms with Crippen molar-refractivity contribution in [3.63, 3.8) is 0 Å². The van der Waals surface area contributed by atoms with E-state index >= 15 is 0 Å². The average molecular weight is 273 g/mol. The lowest BCUT2D eigenvalue weighted by atomic mass is 10.1. The van der Waals surface area contributed by atoms with Crippen LogP contribution in [0.2, 0.25) is 0 Å². The first-order valence-electron chi connectivity index (χ1n) is 7.22. The zero-order valence-corrected chi connectivity index (χ0v) is 12.5. The Hall–Kier alpha value is -2.54. The van der Waals surface area contributed by atoms with Gasteiger partial charge in [0.15, 0.2) is 0 Å². The van der Waals surface area contributed by atoms with Crippen LogP contribution >= 0.6 is 0 Å². The van der Waals surface area contributed by atoms with Crippen molar-refractivity contribution in [2.24, 2.45) is 0 Å². The summed E-state index contributed by atoms with van der Waals surface area (Å²) in [5.41, 5.74) is 6.02. The van der Waals surface area contributed by atoms with Crippen LogP contribution in [0.4, 0.5) is 0 Å². The Labute approximate surface area is 125 Å². The molecular weight excluding hydrogens is 254 g/mol. The van der Waals surface area contributed by atoms with E-state index in [1.807, 2.05) is 19.1 Å². The van der Waals surface area contributed by atoms with E-state index in [1.165, 1.54) is 22.0 Å². The molecule has 21 heavy (non-hydrogen) atoms. The number of benzene rings is 2. The summed E-state index contributed by atoms with van der Waals surface area (Å²) < 4.78 is 2.27. The molecule has 0 saturated carbocycles. The molecule has 0 amide bonds. The van der Waals surface area contributed by atoms with E-state index in [0.29, 0.717) is 0 Å². The molecule has 0 radical (unpaired) electrons. The lowest BCUT2D eigenvalue weighted by Gasteiger charge is -2.08. The van der Waals surface area contributed by atoms with Gasteiger partial charge >= 0.3 is 0 Å². The molecule has 104 valence electrons. The monoisotopic (exact) mass is 273 g/mol. The van der Waals surface area contributed by atoms with Crippen molar-refractivity contribution >= 4 is 23.1 Å². The summed E-state index contributed by atoms with van der Waals surface area (Å²) in [7, 11) is 0. The summed E-state index contributed by atoms with van der Waals surface area (Å²) in [6.07, 6.45) is 6.19. The van der Waals surface area contributed by atoms with Gasteiger partial charge in [0, 0.05) is 16.6 Å². The largest absolute Gasteiger partial charge is 0.309 e. The molecule has 0 atom stereocenters. The van der Waals surface area contributed by atoms with Crippen LogP contribution in [-0.4, -0.2) is 4.57 Å². The average Bonchev–Trinajstić information content (AvgIpc) is 2.82. The van der Waals surface area contributed by atoms with Crippen LogP contribution < -0.4 is 0 Å². The maximum Gasteiger partial charge on any atom is 0.0541 e. The molecule has 0 N–H and O–H groups in total. The van der Waals surface area contributed by atoms with Crippen LogP contribution in [0.5, 0.6) is 0 Å². The summed E-state index contributed by atoms with van der Waals surface area (Å²) in [4.78, 5) is 0. The molecule has 3 rings (SSSR count). The molecule has 1 nitrogen and oxygen atoms in total. The van der Waals surface area contributed by atoms with Gasteiger partial charge < -0.3 is 4.57 Å². The Morgan fingerprint density at radius 2 is 1.81 bits per heavy atom. The normalized spacial score (nSPS) is 11.3. The van der Waals surface area contributed by atoms with Crippen molar-refractivity contribution in [3.05, 3.63) is 78.0 Å². The molecule has 0 bridgehead atoms. The molecule has 1 aromatic heterocycles. The van der Waals surface area contributed by atoms with Gasteiger partial charge in [0.1, 0.15) is 0 Å². The Kier molecular flexibility index (Phi) is 3.49. The number of aromatic nitrogens is 1. The van der Waals surface area contributed by atoms with E-state index in [4.69, 9.17) is 0 Å². The molecule has 0 fully saturated rings. The first-order chi connectivity index (χ1) is 10.3. The number of hydrogen-bond acceptors (Lipinski definition) is 0. The molecule has 0 saturated heterocycles. The van der Waals surface area contributed by atoms with Crippen LogP contribution in [0.25, 0.3) is 28.7 Å². The second kappa shape index (κ2) is 5.45. The van der Waals surface area contributed by atoms with Crippen LogP contribution in [0.1, 0.15) is 23.7 Å². The van der Waals surface area contributed by atoms with E-state index in [9.17, 15) is 0 Å². The van der Waals surface area contributed by atoms with Gasteiger partial charge in [-0.25, -0.2) is 0 Å². The van der Waals surface area contributed by atoms with Crippen molar-refractivity contribution in [2.45, 2.75) is 13.8 Å². The van der Waals surface area contributed by atoms with Gasteiger partial charge in [-0.15, -0.1) is 0 Å². The van der Waals surface area contributed by atoms with Crippen molar-refractivity contribution in [2.75, 3.05) is 0 Å². The third-order valence-electron chi connectivity index (χ3n) is 3.74. The maximum atomic E-state index is 4.02. The standard InChI is InChI=1S/C20H19N/c1-4-9-17-18-14-15(3)12-13-20(18)21(19(17)5-2)16-10-7-6-8-11-16/h4-14H,2H2,1,3H3/b9-4-. The van der Waals surface area contributed by atoms with Crippen molar-refractivity contribution < 1.29 is 0 Å². The van der Waals surface area contributed by atoms with Gasteiger partial charge in [-0.2, -0.15) is 0 Å². The Bertz CT molecular complexity index is 820. The second-order valence-electron chi connectivity index (χ2n) is 5.19. The fourth-order valence-corrected chi connectivity index (χ4v) is 2.85. The van der Waals surface area contributed by atoms with E-state index in [0.717, 1.165) is 11.4 Å². The van der Waals surface area contributed by atoms with Gasteiger partial charge in [-0.1, -0.05) is 48.6 Å². The Morgan fingerprint density at radius 3 is 2.48 bits per heavy atom. The fourth-order valence-electron chi connectivity index (χ4n) is 2.85. The minimum atomic E-state index is 1.14. The van der Waals surface area contributed by atoms with Gasteiger partial charge in [-0.3, -0.25) is 0 Å². The smallest absolute Gasteiger partial charge is 0.0541 e. The predicted molar refractivity (Wildman–Crippen MR) is 92.8 cm³/mol. The predicted octanol–water partition coefficient (Wildman–Crippen LogP) is 5.62. The summed E-state index contributed by atoms with van der Waals surface area (Å²) in [6, 6.07) is 17.0. The zero-order valence-electron chi connectivity index (χ0n) is 12.5. The maximum absolute atomic E-state index is 4.02. The van der Waals surface area contributed by atoms with Gasteiger partial charge in [0.25, 0.3) is 0 Å². The van der Waals surface area contributed by atoms with Crippen LogP contribution in [0.15, 0.2) is 61.2 Å². The van der Waals surface area contributed by atoms with Crippen LogP contribution in [0.3, 0.4) is 0 Å². The number of nitrogens with zero attached hydrogens (tertiary/aromatic N) is 1. The zero-order chi connectivity index (χ0) is 14.8. The third kappa shape index (κ3) is 2.21. The highest BCUT2D eigenvalue weighted by atomic mass is 15.0. The highest BCUT2D eigenvalue weighted by Gasteiger charge is 2.14. The first kappa shape index (κ1) is 13.4. The summed E-state index contributed by atoms with van der Waals surface area (Å²) >= 11 is 0. The highest BCUT2D eigenvalue weighted by Crippen LogP contribution is 2.32. The van der Waals surface area contributed by atoms with Crippen LogP contribution in [0, 0.1) is 6.92 Å². The van der Waals surface area contributed by atoms with Gasteiger partial charge in [0.05, 0.1) is 11.2 Å². The summed E-state index contributed by atoms with van der Waals surface area (Å²) in [5.74, 6) is 0. The lowest BCUT2D eigenvalue weighted by molar-refractivity contribution is 1.11. The molecule has 0 aliphatic rings. The topological polar surface area (TPSA) is 4.93 Å². The van der Waals surface area contributed by atoms with Crippen LogP contribution in [-0.2, 0) is 0 Å². The SMILES string of the molecule is C=Cc1c(/C=C\C)c2cc(C)ccc2n1-c1ccccc1.